The third kappa shape index (κ3) is 3.21. The van der Waals surface area contributed by atoms with Gasteiger partial charge in [-0.3, -0.25) is 0 Å². The molecule has 0 unspecified atom stereocenters. The third-order valence-corrected chi connectivity index (χ3v) is 3.59. The molecule has 0 saturated carbocycles. The van der Waals surface area contributed by atoms with E-state index in [1.807, 2.05) is 0 Å². The van der Waals surface area contributed by atoms with Crippen molar-refractivity contribution in [2.75, 3.05) is 0 Å². The van der Waals surface area contributed by atoms with Gasteiger partial charge in [-0.2, -0.15) is 0 Å². The topological polar surface area (TPSA) is 0 Å². The summed E-state index contributed by atoms with van der Waals surface area (Å²) >= 11 is 0. The Bertz CT molecular complexity index is 603. The van der Waals surface area contributed by atoms with Crippen molar-refractivity contribution in [3.05, 3.63) is 84.9 Å². The minimum Gasteiger partial charge on any atom is -0.0839 e. The van der Waals surface area contributed by atoms with Crippen molar-refractivity contribution in [3.63, 3.8) is 0 Å². The molecule has 0 fully saturated rings. The first-order chi connectivity index (χ1) is 9.92. The van der Waals surface area contributed by atoms with E-state index in [0.717, 1.165) is 14.6 Å². The summed E-state index contributed by atoms with van der Waals surface area (Å²) in [6.07, 6.45) is 0. The fraction of sp³-hybridized carbons (Fsp3) is 0. The van der Waals surface area contributed by atoms with Crippen LogP contribution >= 0.6 is 0 Å². The summed E-state index contributed by atoms with van der Waals surface area (Å²) in [5.41, 5.74) is 5.58. The number of hydrogen-bond acceptors (Lipinski definition) is 0. The lowest BCUT2D eigenvalue weighted by molar-refractivity contribution is 1.75. The van der Waals surface area contributed by atoms with Gasteiger partial charge in [0.15, 0.2) is 14.6 Å². The molecule has 0 bridgehead atoms. The summed E-state index contributed by atoms with van der Waals surface area (Å²) in [7, 11) is 2.01. The highest BCUT2D eigenvalue weighted by molar-refractivity contribution is 6.78. The van der Waals surface area contributed by atoms with E-state index in [1.54, 1.807) is 0 Å². The largest absolute Gasteiger partial charge is 0.191 e. The van der Waals surface area contributed by atoms with Gasteiger partial charge in [-0.1, -0.05) is 107 Å². The van der Waals surface area contributed by atoms with Crippen molar-refractivity contribution < 1.29 is 0 Å². The monoisotopic (exact) mass is 254 g/mol. The molecule has 0 aliphatic carbocycles. The molecule has 0 spiro atoms. The summed E-state index contributed by atoms with van der Waals surface area (Å²) in [6.45, 7) is 0. The van der Waals surface area contributed by atoms with E-state index in [9.17, 15) is 0 Å². The third-order valence-electron chi connectivity index (χ3n) is 3.59. The molecule has 0 N–H and O–H groups in total. The van der Waals surface area contributed by atoms with Crippen molar-refractivity contribution >= 4 is 36.4 Å². The molecule has 0 amide bonds. The Balaban J connectivity index is 1.85. The van der Waals surface area contributed by atoms with Crippen molar-refractivity contribution in [2.45, 2.75) is 0 Å². The fourth-order valence-electron chi connectivity index (χ4n) is 2.53. The molecule has 0 aliphatic heterocycles. The normalized spacial score (nSPS) is 10.0. The van der Waals surface area contributed by atoms with Crippen LogP contribution < -0.4 is 21.9 Å². The van der Waals surface area contributed by atoms with Gasteiger partial charge in [-0.05, 0) is 0 Å². The fourth-order valence-corrected chi connectivity index (χ4v) is 2.53. The second-order valence-corrected chi connectivity index (χ2v) is 5.09. The first-order valence-corrected chi connectivity index (χ1v) is 7.06. The first kappa shape index (κ1) is 12.8. The van der Waals surface area contributed by atoms with E-state index >= 15 is 0 Å². The quantitative estimate of drug-likeness (QED) is 0.593. The molecule has 0 nitrogen and oxygen atoms in total. The highest BCUT2D eigenvalue weighted by atomic mass is 13.9. The summed E-state index contributed by atoms with van der Waals surface area (Å²) in [5, 5.41) is 0. The van der Waals surface area contributed by atoms with Crippen LogP contribution in [0.2, 0.25) is 0 Å². The molecule has 0 aliphatic rings. The summed E-state index contributed by atoms with van der Waals surface area (Å²) in [6, 6.07) is 30.1. The predicted octanol–water partition coefficient (Wildman–Crippen LogP) is 0.461. The molecule has 0 heterocycles. The molecule has 0 aromatic heterocycles. The Morgan fingerprint density at radius 3 is 1.15 bits per heavy atom. The summed E-state index contributed by atoms with van der Waals surface area (Å²) < 4.78 is 0. The van der Waals surface area contributed by atoms with Gasteiger partial charge in [0.2, 0.25) is 0 Å². The van der Waals surface area contributed by atoms with Gasteiger partial charge in [0.1, 0.15) is 0 Å². The maximum absolute atomic E-state index is 2.24. The second-order valence-electron chi connectivity index (χ2n) is 5.09. The Morgan fingerprint density at radius 2 is 0.750 bits per heavy atom. The van der Waals surface area contributed by atoms with Crippen molar-refractivity contribution in [1.29, 1.82) is 0 Å². The van der Waals surface area contributed by atoms with Crippen LogP contribution in [0.3, 0.4) is 0 Å². The second kappa shape index (κ2) is 6.29. The molecule has 0 saturated heterocycles. The molecule has 0 radical (unpaired) electrons. The van der Waals surface area contributed by atoms with Crippen LogP contribution in [0, 0.1) is 0 Å². The maximum atomic E-state index is 2.24. The molecule has 0 atom stereocenters. The lowest BCUT2D eigenvalue weighted by Crippen LogP contribution is -2.44. The van der Waals surface area contributed by atoms with E-state index in [0.29, 0.717) is 0 Å². The van der Waals surface area contributed by atoms with Gasteiger partial charge >= 0.3 is 0 Å². The average Bonchev–Trinajstić information content (AvgIpc) is 2.51. The van der Waals surface area contributed by atoms with Gasteiger partial charge in [0, 0.05) is 0 Å². The lowest BCUT2D eigenvalue weighted by atomic mass is 9.53. The smallest absolute Gasteiger partial charge is 0.0839 e. The summed E-state index contributed by atoms with van der Waals surface area (Å²) in [5.74, 6) is 0. The molecule has 2 heteroatoms. The van der Waals surface area contributed by atoms with Crippen LogP contribution in [0.5, 0.6) is 0 Å². The van der Waals surface area contributed by atoms with Crippen molar-refractivity contribution in [2.24, 2.45) is 0 Å². The highest BCUT2D eigenvalue weighted by Gasteiger charge is 2.06. The molecule has 3 rings (SSSR count). The molecule has 3 aromatic carbocycles. The lowest BCUT2D eigenvalue weighted by Gasteiger charge is -2.08. The van der Waals surface area contributed by atoms with Crippen LogP contribution in [-0.4, -0.2) is 14.6 Å². The van der Waals surface area contributed by atoms with Gasteiger partial charge in [-0.25, -0.2) is 0 Å². The molecular formula is C18H16B2. The minimum absolute atomic E-state index is 1.00. The summed E-state index contributed by atoms with van der Waals surface area (Å²) in [4.78, 5) is 0. The van der Waals surface area contributed by atoms with Gasteiger partial charge < -0.3 is 0 Å². The Labute approximate surface area is 122 Å². The van der Waals surface area contributed by atoms with Gasteiger partial charge in [-0.15, -0.1) is 0 Å². The van der Waals surface area contributed by atoms with Crippen molar-refractivity contribution in [1.82, 2.24) is 0 Å². The highest BCUT2D eigenvalue weighted by Crippen LogP contribution is 1.86. The Morgan fingerprint density at radius 1 is 0.400 bits per heavy atom. The zero-order chi connectivity index (χ0) is 13.6. The van der Waals surface area contributed by atoms with Crippen LogP contribution in [-0.2, 0) is 0 Å². The Hall–Kier alpha value is -2.21. The van der Waals surface area contributed by atoms with E-state index < -0.39 is 0 Å². The first-order valence-electron chi connectivity index (χ1n) is 7.06. The van der Waals surface area contributed by atoms with Crippen molar-refractivity contribution in [3.8, 4) is 0 Å². The number of hydrogen-bond donors (Lipinski definition) is 0. The standard InChI is InChI=1S/C18H16B2/c1-3-9-15(10-4-1)19-17-13-7-8-14-18(17)20-16-11-5-2-6-12-16/h1-14,19-20H. The average molecular weight is 254 g/mol. The van der Waals surface area contributed by atoms with E-state index in [1.165, 1.54) is 21.9 Å². The van der Waals surface area contributed by atoms with Crippen LogP contribution in [0.25, 0.3) is 0 Å². The van der Waals surface area contributed by atoms with Crippen LogP contribution in [0.15, 0.2) is 84.9 Å². The van der Waals surface area contributed by atoms with Gasteiger partial charge in [0.25, 0.3) is 0 Å². The SMILES string of the molecule is B(c1ccccc1)c1ccccc1Bc1ccccc1. The molecule has 3 aromatic rings. The van der Waals surface area contributed by atoms with Crippen LogP contribution in [0.1, 0.15) is 0 Å². The van der Waals surface area contributed by atoms with Gasteiger partial charge in [0.05, 0.1) is 0 Å². The molecule has 94 valence electrons. The minimum atomic E-state index is 1.00. The van der Waals surface area contributed by atoms with Crippen LogP contribution in [0.4, 0.5) is 0 Å². The zero-order valence-corrected chi connectivity index (χ0v) is 11.5. The van der Waals surface area contributed by atoms with E-state index in [2.05, 4.69) is 84.9 Å². The number of benzene rings is 3. The molecular weight excluding hydrogens is 238 g/mol. The maximum Gasteiger partial charge on any atom is 0.191 e. The van der Waals surface area contributed by atoms with E-state index in [-0.39, 0.29) is 0 Å². The zero-order valence-electron chi connectivity index (χ0n) is 11.5. The number of rotatable bonds is 4. The Kier molecular flexibility index (Phi) is 4.03. The molecule has 20 heavy (non-hydrogen) atoms. The van der Waals surface area contributed by atoms with E-state index in [4.69, 9.17) is 0 Å². The predicted molar refractivity (Wildman–Crippen MR) is 92.2 cm³/mol.